The number of hydrogen-bond donors (Lipinski definition) is 1. The number of rotatable bonds is 5. The number of nitriles is 1. The molecule has 150 valence electrons. The Labute approximate surface area is 171 Å². The van der Waals surface area contributed by atoms with Gasteiger partial charge in [0.1, 0.15) is 6.04 Å². The van der Waals surface area contributed by atoms with Gasteiger partial charge in [-0.1, -0.05) is 32.0 Å². The molecule has 1 unspecified atom stereocenters. The van der Waals surface area contributed by atoms with E-state index in [1.807, 2.05) is 49.1 Å². The highest BCUT2D eigenvalue weighted by Crippen LogP contribution is 2.18. The molecule has 6 nitrogen and oxygen atoms in total. The van der Waals surface area contributed by atoms with Crippen LogP contribution in [-0.2, 0) is 4.79 Å². The number of hydrogen-bond acceptors (Lipinski definition) is 4. The first-order valence-electron chi connectivity index (χ1n) is 9.89. The molecule has 0 radical (unpaired) electrons. The van der Waals surface area contributed by atoms with E-state index in [1.54, 1.807) is 24.3 Å². The van der Waals surface area contributed by atoms with Gasteiger partial charge in [-0.25, -0.2) is 0 Å². The lowest BCUT2D eigenvalue weighted by atomic mass is 10.0. The molecule has 1 aliphatic heterocycles. The Bertz CT molecular complexity index is 879. The number of carbonyl (C=O) groups is 2. The van der Waals surface area contributed by atoms with E-state index < -0.39 is 6.04 Å². The minimum absolute atomic E-state index is 0.00767. The molecule has 1 saturated heterocycles. The molecular formula is C23H26N4O2. The number of benzene rings is 2. The zero-order chi connectivity index (χ0) is 20.8. The molecule has 0 aliphatic carbocycles. The Balaban J connectivity index is 1.61. The smallest absolute Gasteiger partial charge is 0.251 e. The zero-order valence-corrected chi connectivity index (χ0v) is 16.8. The van der Waals surface area contributed by atoms with Crippen molar-refractivity contribution >= 4 is 17.5 Å². The summed E-state index contributed by atoms with van der Waals surface area (Å²) in [6, 6.07) is 18.0. The zero-order valence-electron chi connectivity index (χ0n) is 16.8. The Morgan fingerprint density at radius 2 is 1.59 bits per heavy atom. The van der Waals surface area contributed by atoms with Gasteiger partial charge in [-0.15, -0.1) is 0 Å². The number of piperazine rings is 1. The van der Waals surface area contributed by atoms with Crippen LogP contribution in [0.2, 0.25) is 0 Å². The molecule has 0 saturated carbocycles. The lowest BCUT2D eigenvalue weighted by Gasteiger charge is -2.38. The van der Waals surface area contributed by atoms with Crippen LogP contribution in [0.5, 0.6) is 0 Å². The van der Waals surface area contributed by atoms with Gasteiger partial charge in [0.2, 0.25) is 5.91 Å². The SMILES string of the molecule is CC(C)C(NC(=O)c1ccccc1)C(=O)N1CCN(c2ccc(C#N)cc2)CC1. The molecule has 1 N–H and O–H groups in total. The number of amides is 2. The van der Waals surface area contributed by atoms with E-state index in [-0.39, 0.29) is 17.7 Å². The molecule has 1 fully saturated rings. The molecular weight excluding hydrogens is 364 g/mol. The van der Waals surface area contributed by atoms with Gasteiger partial charge in [0.25, 0.3) is 5.91 Å². The lowest BCUT2D eigenvalue weighted by Crippen LogP contribution is -2.56. The Kier molecular flexibility index (Phi) is 6.50. The summed E-state index contributed by atoms with van der Waals surface area (Å²) in [7, 11) is 0. The van der Waals surface area contributed by atoms with Crippen molar-refractivity contribution in [2.24, 2.45) is 5.92 Å². The molecule has 1 aliphatic rings. The molecule has 0 bridgehead atoms. The van der Waals surface area contributed by atoms with Crippen LogP contribution in [0.25, 0.3) is 0 Å². The van der Waals surface area contributed by atoms with Gasteiger partial charge < -0.3 is 15.1 Å². The van der Waals surface area contributed by atoms with Crippen LogP contribution in [0.4, 0.5) is 5.69 Å². The van der Waals surface area contributed by atoms with E-state index in [9.17, 15) is 9.59 Å². The fourth-order valence-electron chi connectivity index (χ4n) is 3.46. The summed E-state index contributed by atoms with van der Waals surface area (Å²) in [5.74, 6) is -0.274. The second-order valence-electron chi connectivity index (χ2n) is 7.53. The molecule has 1 heterocycles. The van der Waals surface area contributed by atoms with E-state index in [0.29, 0.717) is 24.2 Å². The first-order chi connectivity index (χ1) is 14.0. The molecule has 1 atom stereocenters. The third kappa shape index (κ3) is 4.94. The first kappa shape index (κ1) is 20.4. The van der Waals surface area contributed by atoms with Crippen LogP contribution in [0, 0.1) is 17.2 Å². The summed E-state index contributed by atoms with van der Waals surface area (Å²) in [6.07, 6.45) is 0. The van der Waals surface area contributed by atoms with Crippen LogP contribution < -0.4 is 10.2 Å². The number of carbonyl (C=O) groups excluding carboxylic acids is 2. The monoisotopic (exact) mass is 390 g/mol. The number of nitrogens with one attached hydrogen (secondary N) is 1. The Morgan fingerprint density at radius 3 is 2.14 bits per heavy atom. The van der Waals surface area contributed by atoms with Crippen molar-refractivity contribution in [3.8, 4) is 6.07 Å². The van der Waals surface area contributed by atoms with Crippen molar-refractivity contribution < 1.29 is 9.59 Å². The van der Waals surface area contributed by atoms with Crippen molar-refractivity contribution in [2.75, 3.05) is 31.1 Å². The average molecular weight is 390 g/mol. The maximum absolute atomic E-state index is 13.1. The minimum atomic E-state index is -0.552. The number of nitrogens with zero attached hydrogens (tertiary/aromatic N) is 3. The molecule has 6 heteroatoms. The minimum Gasteiger partial charge on any atom is -0.368 e. The highest BCUT2D eigenvalue weighted by atomic mass is 16.2. The van der Waals surface area contributed by atoms with Crippen molar-refractivity contribution in [3.63, 3.8) is 0 Å². The largest absolute Gasteiger partial charge is 0.368 e. The highest BCUT2D eigenvalue weighted by Gasteiger charge is 2.31. The lowest BCUT2D eigenvalue weighted by molar-refractivity contribution is -0.134. The topological polar surface area (TPSA) is 76.4 Å². The molecule has 2 aromatic carbocycles. The standard InChI is InChI=1S/C23H26N4O2/c1-17(2)21(25-22(28)19-6-4-3-5-7-19)23(29)27-14-12-26(13-15-27)20-10-8-18(16-24)9-11-20/h3-11,17,21H,12-15H2,1-2H3,(H,25,28). The third-order valence-electron chi connectivity index (χ3n) is 5.21. The van der Waals surface area contributed by atoms with E-state index >= 15 is 0 Å². The van der Waals surface area contributed by atoms with Crippen molar-refractivity contribution in [2.45, 2.75) is 19.9 Å². The van der Waals surface area contributed by atoms with Gasteiger partial charge in [-0.3, -0.25) is 9.59 Å². The predicted octanol–water partition coefficient (Wildman–Crippen LogP) is 2.66. The van der Waals surface area contributed by atoms with Crippen molar-refractivity contribution in [3.05, 3.63) is 65.7 Å². The van der Waals surface area contributed by atoms with Crippen LogP contribution >= 0.6 is 0 Å². The second kappa shape index (κ2) is 9.24. The molecule has 0 spiro atoms. The molecule has 29 heavy (non-hydrogen) atoms. The van der Waals surface area contributed by atoms with E-state index in [0.717, 1.165) is 18.8 Å². The average Bonchev–Trinajstić information content (AvgIpc) is 2.77. The molecule has 2 amide bonds. The molecule has 2 aromatic rings. The van der Waals surface area contributed by atoms with Gasteiger partial charge >= 0.3 is 0 Å². The van der Waals surface area contributed by atoms with Crippen LogP contribution in [0.3, 0.4) is 0 Å². The predicted molar refractivity (Wildman–Crippen MR) is 112 cm³/mol. The summed E-state index contributed by atoms with van der Waals surface area (Å²) < 4.78 is 0. The summed E-state index contributed by atoms with van der Waals surface area (Å²) >= 11 is 0. The van der Waals surface area contributed by atoms with E-state index in [2.05, 4.69) is 16.3 Å². The quantitative estimate of drug-likeness (QED) is 0.852. The van der Waals surface area contributed by atoms with Gasteiger partial charge in [-0.2, -0.15) is 5.26 Å². The molecule has 0 aromatic heterocycles. The summed E-state index contributed by atoms with van der Waals surface area (Å²) in [5, 5.41) is 11.8. The fourth-order valence-corrected chi connectivity index (χ4v) is 3.46. The van der Waals surface area contributed by atoms with Gasteiger partial charge in [0.15, 0.2) is 0 Å². The summed E-state index contributed by atoms with van der Waals surface area (Å²) in [6.45, 7) is 6.53. The van der Waals surface area contributed by atoms with Gasteiger partial charge in [0.05, 0.1) is 11.6 Å². The second-order valence-corrected chi connectivity index (χ2v) is 7.53. The van der Waals surface area contributed by atoms with Gasteiger partial charge in [-0.05, 0) is 42.3 Å². The molecule has 3 rings (SSSR count). The summed E-state index contributed by atoms with van der Waals surface area (Å²) in [4.78, 5) is 29.6. The first-order valence-corrected chi connectivity index (χ1v) is 9.89. The maximum atomic E-state index is 13.1. The third-order valence-corrected chi connectivity index (χ3v) is 5.21. The normalized spacial score (nSPS) is 15.0. The van der Waals surface area contributed by atoms with Gasteiger partial charge in [0, 0.05) is 37.4 Å². The van der Waals surface area contributed by atoms with Crippen molar-refractivity contribution in [1.82, 2.24) is 10.2 Å². The maximum Gasteiger partial charge on any atom is 0.251 e. The highest BCUT2D eigenvalue weighted by molar-refractivity contribution is 5.97. The fraction of sp³-hybridized carbons (Fsp3) is 0.348. The number of anilines is 1. The van der Waals surface area contributed by atoms with Crippen LogP contribution in [0.15, 0.2) is 54.6 Å². The Hall–Kier alpha value is -3.33. The van der Waals surface area contributed by atoms with Crippen molar-refractivity contribution in [1.29, 1.82) is 5.26 Å². The van der Waals surface area contributed by atoms with E-state index in [1.165, 1.54) is 0 Å². The summed E-state index contributed by atoms with van der Waals surface area (Å²) in [5.41, 5.74) is 2.24. The van der Waals surface area contributed by atoms with Crippen LogP contribution in [-0.4, -0.2) is 48.9 Å². The van der Waals surface area contributed by atoms with Crippen LogP contribution in [0.1, 0.15) is 29.8 Å². The Morgan fingerprint density at radius 1 is 0.966 bits per heavy atom. The van der Waals surface area contributed by atoms with E-state index in [4.69, 9.17) is 5.26 Å².